The van der Waals surface area contributed by atoms with Crippen LogP contribution in [0.5, 0.6) is 5.75 Å². The van der Waals surface area contributed by atoms with Crippen molar-refractivity contribution in [1.82, 2.24) is 10.3 Å². The second-order valence-corrected chi connectivity index (χ2v) is 9.42. The van der Waals surface area contributed by atoms with Crippen LogP contribution in [-0.4, -0.2) is 34.8 Å². The molecule has 0 spiro atoms. The molecule has 1 saturated heterocycles. The SMILES string of the molecule is CC(C)(C)NC1CCN(c2cc(Nc3ccc(Cl)cc3)nc3c(O)cccc23)CC1. The summed E-state index contributed by atoms with van der Waals surface area (Å²) in [6.45, 7) is 8.57. The summed E-state index contributed by atoms with van der Waals surface area (Å²) in [5, 5.41) is 19.2. The summed E-state index contributed by atoms with van der Waals surface area (Å²) >= 11 is 6.00. The first-order valence-electron chi connectivity index (χ1n) is 10.5. The Balaban J connectivity index is 1.63. The number of benzene rings is 2. The van der Waals surface area contributed by atoms with Gasteiger partial charge in [-0.1, -0.05) is 23.7 Å². The molecule has 0 atom stereocenters. The third kappa shape index (κ3) is 4.79. The lowest BCUT2D eigenvalue weighted by molar-refractivity contribution is 0.317. The number of phenols is 1. The van der Waals surface area contributed by atoms with Crippen molar-refractivity contribution in [3.8, 4) is 5.75 Å². The molecule has 30 heavy (non-hydrogen) atoms. The molecular weight excluding hydrogens is 396 g/mol. The monoisotopic (exact) mass is 424 g/mol. The van der Waals surface area contributed by atoms with E-state index in [-0.39, 0.29) is 11.3 Å². The normalized spacial score (nSPS) is 15.5. The predicted molar refractivity (Wildman–Crippen MR) is 126 cm³/mol. The lowest BCUT2D eigenvalue weighted by atomic mass is 9.99. The maximum Gasteiger partial charge on any atom is 0.141 e. The Bertz CT molecular complexity index is 1020. The highest BCUT2D eigenvalue weighted by atomic mass is 35.5. The quantitative estimate of drug-likeness (QED) is 0.501. The minimum absolute atomic E-state index is 0.123. The highest BCUT2D eigenvalue weighted by Gasteiger charge is 2.24. The summed E-state index contributed by atoms with van der Waals surface area (Å²) in [5.41, 5.74) is 2.74. The van der Waals surface area contributed by atoms with Gasteiger partial charge < -0.3 is 20.6 Å². The number of phenolic OH excluding ortho intramolecular Hbond substituents is 1. The zero-order valence-electron chi connectivity index (χ0n) is 17.7. The number of piperidine rings is 1. The molecule has 3 aromatic rings. The number of rotatable bonds is 4. The van der Waals surface area contributed by atoms with Crippen molar-refractivity contribution in [2.45, 2.75) is 45.2 Å². The number of nitrogens with one attached hydrogen (secondary N) is 2. The molecule has 0 aliphatic carbocycles. The third-order valence-electron chi connectivity index (χ3n) is 5.39. The Morgan fingerprint density at radius 2 is 1.77 bits per heavy atom. The van der Waals surface area contributed by atoms with E-state index in [0.29, 0.717) is 22.4 Å². The molecule has 4 rings (SSSR count). The van der Waals surface area contributed by atoms with Crippen LogP contribution < -0.4 is 15.5 Å². The minimum atomic E-state index is 0.123. The maximum atomic E-state index is 10.5. The molecule has 3 N–H and O–H groups in total. The Morgan fingerprint density at radius 1 is 1.07 bits per heavy atom. The van der Waals surface area contributed by atoms with Crippen LogP contribution in [0, 0.1) is 0 Å². The van der Waals surface area contributed by atoms with Gasteiger partial charge in [0.1, 0.15) is 17.1 Å². The van der Waals surface area contributed by atoms with Gasteiger partial charge in [0.15, 0.2) is 0 Å². The summed E-state index contributed by atoms with van der Waals surface area (Å²) < 4.78 is 0. The molecule has 0 bridgehead atoms. The number of pyridine rings is 1. The fourth-order valence-corrected chi connectivity index (χ4v) is 4.23. The number of fused-ring (bicyclic) bond motifs is 1. The number of anilines is 3. The molecule has 0 saturated carbocycles. The maximum absolute atomic E-state index is 10.5. The van der Waals surface area contributed by atoms with E-state index < -0.39 is 0 Å². The number of hydrogen-bond donors (Lipinski definition) is 3. The number of hydrogen-bond acceptors (Lipinski definition) is 5. The van der Waals surface area contributed by atoms with Gasteiger partial charge in [-0.25, -0.2) is 4.98 Å². The van der Waals surface area contributed by atoms with Gasteiger partial charge in [-0.3, -0.25) is 0 Å². The van der Waals surface area contributed by atoms with Gasteiger partial charge >= 0.3 is 0 Å². The fourth-order valence-electron chi connectivity index (χ4n) is 4.10. The smallest absolute Gasteiger partial charge is 0.141 e. The minimum Gasteiger partial charge on any atom is -0.506 e. The van der Waals surface area contributed by atoms with Crippen LogP contribution in [-0.2, 0) is 0 Å². The van der Waals surface area contributed by atoms with Crippen LogP contribution in [0.1, 0.15) is 33.6 Å². The second kappa shape index (κ2) is 8.32. The van der Waals surface area contributed by atoms with Gasteiger partial charge in [0, 0.05) is 52.5 Å². The van der Waals surface area contributed by atoms with Gasteiger partial charge in [-0.15, -0.1) is 0 Å². The number of nitrogens with zero attached hydrogens (tertiary/aromatic N) is 2. The van der Waals surface area contributed by atoms with Gasteiger partial charge in [0.25, 0.3) is 0 Å². The molecule has 5 nitrogen and oxygen atoms in total. The Labute approximate surface area is 183 Å². The molecule has 2 aromatic carbocycles. The van der Waals surface area contributed by atoms with E-state index >= 15 is 0 Å². The summed E-state index contributed by atoms with van der Waals surface area (Å²) in [7, 11) is 0. The molecule has 0 amide bonds. The third-order valence-corrected chi connectivity index (χ3v) is 5.64. The number of aromatic nitrogens is 1. The van der Waals surface area contributed by atoms with Crippen molar-refractivity contribution >= 4 is 39.7 Å². The van der Waals surface area contributed by atoms with Gasteiger partial charge in [-0.05, 0) is 63.9 Å². The van der Waals surface area contributed by atoms with E-state index in [1.54, 1.807) is 6.07 Å². The summed E-state index contributed by atoms with van der Waals surface area (Å²) in [4.78, 5) is 7.08. The first kappa shape index (κ1) is 20.8. The average molecular weight is 425 g/mol. The topological polar surface area (TPSA) is 60.4 Å². The molecule has 1 aliphatic heterocycles. The van der Waals surface area contributed by atoms with Crippen molar-refractivity contribution in [3.63, 3.8) is 0 Å². The highest BCUT2D eigenvalue weighted by Crippen LogP contribution is 2.35. The van der Waals surface area contributed by atoms with Crippen LogP contribution >= 0.6 is 11.6 Å². The van der Waals surface area contributed by atoms with E-state index in [1.807, 2.05) is 36.4 Å². The van der Waals surface area contributed by atoms with Crippen LogP contribution in [0.4, 0.5) is 17.2 Å². The van der Waals surface area contributed by atoms with Crippen molar-refractivity contribution < 1.29 is 5.11 Å². The standard InChI is InChI=1S/C24H29ClN4O/c1-24(2,3)28-18-11-13-29(14-12-18)20-15-22(26-17-9-7-16(25)8-10-17)27-23-19(20)5-4-6-21(23)30/h4-10,15,18,28,30H,11-14H2,1-3H3,(H,26,27). The van der Waals surface area contributed by atoms with Crippen LogP contribution in [0.3, 0.4) is 0 Å². The number of para-hydroxylation sites is 1. The Kier molecular flexibility index (Phi) is 5.76. The molecule has 0 unspecified atom stereocenters. The molecule has 2 heterocycles. The first-order chi connectivity index (χ1) is 14.3. The predicted octanol–water partition coefficient (Wildman–Crippen LogP) is 5.69. The molecular formula is C24H29ClN4O. The van der Waals surface area contributed by atoms with E-state index in [0.717, 1.165) is 42.7 Å². The molecule has 1 fully saturated rings. The molecule has 1 aliphatic rings. The van der Waals surface area contributed by atoms with Crippen LogP contribution in [0.2, 0.25) is 5.02 Å². The van der Waals surface area contributed by atoms with Gasteiger partial charge in [0.2, 0.25) is 0 Å². The van der Waals surface area contributed by atoms with Gasteiger partial charge in [-0.2, -0.15) is 0 Å². The van der Waals surface area contributed by atoms with E-state index in [2.05, 4.69) is 47.4 Å². The lowest BCUT2D eigenvalue weighted by Gasteiger charge is -2.37. The molecule has 158 valence electrons. The van der Waals surface area contributed by atoms with Crippen molar-refractivity contribution in [2.24, 2.45) is 0 Å². The number of halogens is 1. The fraction of sp³-hybridized carbons (Fsp3) is 0.375. The second-order valence-electron chi connectivity index (χ2n) is 8.99. The van der Waals surface area contributed by atoms with Gasteiger partial charge in [0.05, 0.1) is 0 Å². The molecule has 0 radical (unpaired) electrons. The average Bonchev–Trinajstić information content (AvgIpc) is 2.69. The highest BCUT2D eigenvalue weighted by molar-refractivity contribution is 6.30. The zero-order chi connectivity index (χ0) is 21.3. The van der Waals surface area contributed by atoms with Crippen LogP contribution in [0.25, 0.3) is 10.9 Å². The summed E-state index contributed by atoms with van der Waals surface area (Å²) in [6, 6.07) is 15.7. The largest absolute Gasteiger partial charge is 0.506 e. The van der Waals surface area contributed by atoms with Crippen molar-refractivity contribution in [1.29, 1.82) is 0 Å². The lowest BCUT2D eigenvalue weighted by Crippen LogP contribution is -2.49. The van der Waals surface area contributed by atoms with Crippen molar-refractivity contribution in [2.75, 3.05) is 23.3 Å². The van der Waals surface area contributed by atoms with E-state index in [1.165, 1.54) is 0 Å². The molecule has 1 aromatic heterocycles. The Morgan fingerprint density at radius 3 is 2.43 bits per heavy atom. The number of aromatic hydroxyl groups is 1. The van der Waals surface area contributed by atoms with E-state index in [4.69, 9.17) is 11.6 Å². The van der Waals surface area contributed by atoms with Crippen molar-refractivity contribution in [3.05, 3.63) is 53.6 Å². The summed E-state index contributed by atoms with van der Waals surface area (Å²) in [6.07, 6.45) is 2.17. The zero-order valence-corrected chi connectivity index (χ0v) is 18.5. The molecule has 6 heteroatoms. The first-order valence-corrected chi connectivity index (χ1v) is 10.8. The van der Waals surface area contributed by atoms with Crippen LogP contribution in [0.15, 0.2) is 48.5 Å². The van der Waals surface area contributed by atoms with E-state index in [9.17, 15) is 5.11 Å². The summed E-state index contributed by atoms with van der Waals surface area (Å²) in [5.74, 6) is 0.897. The Hall–Kier alpha value is -2.50.